The van der Waals surface area contributed by atoms with Crippen molar-refractivity contribution in [1.82, 2.24) is 0 Å². The molecule has 6 rings (SSSR count). The van der Waals surface area contributed by atoms with Crippen molar-refractivity contribution in [1.29, 1.82) is 0 Å². The van der Waals surface area contributed by atoms with E-state index < -0.39 is 32.7 Å². The molecule has 5 nitrogen and oxygen atoms in total. The van der Waals surface area contributed by atoms with Crippen LogP contribution in [0.15, 0.2) is 152 Å². The molecule has 0 amide bonds. The van der Waals surface area contributed by atoms with Crippen LogP contribution in [0, 0.1) is 0 Å². The Morgan fingerprint density at radius 3 is 1.33 bits per heavy atom. The second-order valence-electron chi connectivity index (χ2n) is 14.3. The third-order valence-electron chi connectivity index (χ3n) is 9.66. The Labute approximate surface area is 315 Å². The van der Waals surface area contributed by atoms with Gasteiger partial charge in [0.05, 0.1) is 26.4 Å². The third kappa shape index (κ3) is 9.33. The number of thioether (sulfide) groups is 1. The van der Waals surface area contributed by atoms with Gasteiger partial charge in [0, 0.05) is 0 Å². The molecule has 5 aromatic rings. The van der Waals surface area contributed by atoms with Crippen molar-refractivity contribution in [2.24, 2.45) is 0 Å². The van der Waals surface area contributed by atoms with Crippen LogP contribution in [-0.4, -0.2) is 50.5 Å². The largest absolute Gasteiger partial charge is 0.405 e. The monoisotopic (exact) mass is 732 g/mol. The second kappa shape index (κ2) is 18.5. The van der Waals surface area contributed by atoms with E-state index in [1.54, 1.807) is 11.8 Å². The third-order valence-corrected chi connectivity index (χ3v) is 15.7. The molecule has 7 heteroatoms. The fraction of sp³-hybridized carbons (Fsp3) is 0.333. The minimum atomic E-state index is -2.87. The zero-order valence-corrected chi connectivity index (χ0v) is 32.6. The minimum absolute atomic E-state index is 0.188. The first-order chi connectivity index (χ1) is 25.4. The molecule has 52 heavy (non-hydrogen) atoms. The fourth-order valence-corrected chi connectivity index (χ4v) is 12.7. The summed E-state index contributed by atoms with van der Waals surface area (Å²) in [7, 11) is -2.87. The molecular formula is C45H52O5SSi. The van der Waals surface area contributed by atoms with Crippen LogP contribution in [0.3, 0.4) is 0 Å². The highest BCUT2D eigenvalue weighted by molar-refractivity contribution is 7.99. The van der Waals surface area contributed by atoms with Crippen LogP contribution in [0.25, 0.3) is 0 Å². The van der Waals surface area contributed by atoms with Crippen LogP contribution in [0.1, 0.15) is 44.4 Å². The average molecular weight is 733 g/mol. The quantitative estimate of drug-likeness (QED) is 0.0946. The van der Waals surface area contributed by atoms with Crippen LogP contribution in [0.4, 0.5) is 0 Å². The summed E-state index contributed by atoms with van der Waals surface area (Å²) in [5.41, 5.74) is 2.99. The molecule has 1 aliphatic heterocycles. The molecule has 5 atom stereocenters. The van der Waals surface area contributed by atoms with Gasteiger partial charge in [-0.3, -0.25) is 0 Å². The van der Waals surface area contributed by atoms with E-state index in [4.69, 9.17) is 23.4 Å². The molecule has 0 spiro atoms. The highest BCUT2D eigenvalue weighted by Gasteiger charge is 2.53. The van der Waals surface area contributed by atoms with Crippen LogP contribution < -0.4 is 10.4 Å². The molecule has 1 aliphatic rings. The number of hydrogen-bond acceptors (Lipinski definition) is 6. The molecule has 0 radical (unpaired) electrons. The summed E-state index contributed by atoms with van der Waals surface area (Å²) < 4.78 is 35.4. The van der Waals surface area contributed by atoms with Gasteiger partial charge in [-0.2, -0.15) is 0 Å². The smallest absolute Gasteiger partial charge is 0.261 e. The molecule has 272 valence electrons. The first-order valence-corrected chi connectivity index (χ1v) is 21.3. The average Bonchev–Trinajstić information content (AvgIpc) is 3.18. The lowest BCUT2D eigenvalue weighted by atomic mass is 9.99. The summed E-state index contributed by atoms with van der Waals surface area (Å²) in [6.07, 6.45) is -1.72. The highest BCUT2D eigenvalue weighted by Crippen LogP contribution is 2.39. The zero-order chi connectivity index (χ0) is 36.2. The molecule has 0 bridgehead atoms. The maximum Gasteiger partial charge on any atom is 0.261 e. The molecule has 0 aliphatic carbocycles. The summed E-state index contributed by atoms with van der Waals surface area (Å²) in [5, 5.41) is 2.27. The number of benzene rings is 5. The maximum atomic E-state index is 7.52. The molecule has 0 aromatic heterocycles. The summed E-state index contributed by atoms with van der Waals surface area (Å²) in [6, 6.07) is 52.5. The Hall–Kier alpha value is -3.53. The first kappa shape index (κ1) is 38.2. The SMILES string of the molecule is CCSC1O[C@H](CO[Si](c2ccccc2)(c2ccccc2)C(C)(C)C)[C@@H](OCc2ccccc2)[C@H](OCc2ccccc2)[C@H]1OCc1ccccc1. The Morgan fingerprint density at radius 2 is 0.923 bits per heavy atom. The molecular weight excluding hydrogens is 681 g/mol. The zero-order valence-electron chi connectivity index (χ0n) is 30.8. The van der Waals surface area contributed by atoms with Crippen LogP contribution in [-0.2, 0) is 43.2 Å². The maximum absolute atomic E-state index is 7.52. The van der Waals surface area contributed by atoms with Gasteiger partial charge in [0.1, 0.15) is 29.9 Å². The van der Waals surface area contributed by atoms with Crippen LogP contribution in [0.2, 0.25) is 5.04 Å². The van der Waals surface area contributed by atoms with E-state index in [-0.39, 0.29) is 10.5 Å². The Balaban J connectivity index is 1.39. The van der Waals surface area contributed by atoms with E-state index in [0.29, 0.717) is 26.4 Å². The molecule has 0 N–H and O–H groups in total. The van der Waals surface area contributed by atoms with Gasteiger partial charge in [0.2, 0.25) is 0 Å². The normalized spacial score (nSPS) is 20.8. The standard InChI is InChI=1S/C45H52O5SSi/c1-5-51-44-43(48-33-37-25-15-8-16-26-37)42(47-32-36-23-13-7-14-24-36)41(46-31-35-21-11-6-12-22-35)40(50-44)34-49-52(45(2,3)4,38-27-17-9-18-28-38)39-29-19-10-20-30-39/h6-30,40-44H,5,31-34H2,1-4H3/t40-,41-,42+,43-,44?/m1/s1. The van der Waals surface area contributed by atoms with Crippen molar-refractivity contribution in [3.05, 3.63) is 168 Å². The topological polar surface area (TPSA) is 46.2 Å². The Bertz CT molecular complexity index is 1700. The van der Waals surface area contributed by atoms with Crippen molar-refractivity contribution in [2.45, 2.75) is 82.4 Å². The molecule has 5 aromatic carbocycles. The lowest BCUT2D eigenvalue weighted by molar-refractivity contribution is -0.251. The number of hydrogen-bond donors (Lipinski definition) is 0. The van der Waals surface area contributed by atoms with Gasteiger partial charge in [-0.25, -0.2) is 0 Å². The first-order valence-electron chi connectivity index (χ1n) is 18.4. The molecule has 0 saturated carbocycles. The molecule has 1 heterocycles. The van der Waals surface area contributed by atoms with Gasteiger partial charge < -0.3 is 23.4 Å². The van der Waals surface area contributed by atoms with Gasteiger partial charge in [-0.15, -0.1) is 11.8 Å². The summed E-state index contributed by atoms with van der Waals surface area (Å²) in [6.45, 7) is 10.7. The lowest BCUT2D eigenvalue weighted by Gasteiger charge is -2.48. The van der Waals surface area contributed by atoms with Crippen molar-refractivity contribution in [2.75, 3.05) is 12.4 Å². The number of rotatable bonds is 16. The van der Waals surface area contributed by atoms with E-state index in [2.05, 4.69) is 125 Å². The van der Waals surface area contributed by atoms with Gasteiger partial charge in [0.15, 0.2) is 0 Å². The molecule has 1 fully saturated rings. The van der Waals surface area contributed by atoms with Gasteiger partial charge in [0.25, 0.3) is 8.32 Å². The van der Waals surface area contributed by atoms with E-state index in [1.807, 2.05) is 54.6 Å². The van der Waals surface area contributed by atoms with Crippen LogP contribution >= 0.6 is 11.8 Å². The molecule has 1 unspecified atom stereocenters. The van der Waals surface area contributed by atoms with E-state index >= 15 is 0 Å². The van der Waals surface area contributed by atoms with Crippen molar-refractivity contribution < 1.29 is 23.4 Å². The van der Waals surface area contributed by atoms with Gasteiger partial charge in [-0.1, -0.05) is 179 Å². The van der Waals surface area contributed by atoms with E-state index in [0.717, 1.165) is 22.4 Å². The predicted molar refractivity (Wildman–Crippen MR) is 215 cm³/mol. The summed E-state index contributed by atoms with van der Waals surface area (Å²) in [5.74, 6) is 0.860. The summed E-state index contributed by atoms with van der Waals surface area (Å²) >= 11 is 1.75. The Morgan fingerprint density at radius 1 is 0.538 bits per heavy atom. The highest BCUT2D eigenvalue weighted by atomic mass is 32.2. The predicted octanol–water partition coefficient (Wildman–Crippen LogP) is 8.80. The summed E-state index contributed by atoms with van der Waals surface area (Å²) in [4.78, 5) is 0. The lowest BCUT2D eigenvalue weighted by Crippen LogP contribution is -2.68. The van der Waals surface area contributed by atoms with Crippen molar-refractivity contribution in [3.63, 3.8) is 0 Å². The van der Waals surface area contributed by atoms with Crippen LogP contribution in [0.5, 0.6) is 0 Å². The van der Waals surface area contributed by atoms with E-state index in [1.165, 1.54) is 10.4 Å². The number of ether oxygens (including phenoxy) is 4. The molecule has 1 saturated heterocycles. The van der Waals surface area contributed by atoms with Gasteiger partial charge >= 0.3 is 0 Å². The van der Waals surface area contributed by atoms with E-state index in [9.17, 15) is 0 Å². The fourth-order valence-electron chi connectivity index (χ4n) is 7.15. The Kier molecular flexibility index (Phi) is 13.6. The second-order valence-corrected chi connectivity index (χ2v) is 19.9. The van der Waals surface area contributed by atoms with Gasteiger partial charge in [-0.05, 0) is 37.9 Å². The van der Waals surface area contributed by atoms with Crippen molar-refractivity contribution in [3.8, 4) is 0 Å². The minimum Gasteiger partial charge on any atom is -0.405 e. The van der Waals surface area contributed by atoms with Crippen molar-refractivity contribution >= 4 is 30.5 Å².